The quantitative estimate of drug-likeness (QED) is 0.737. The predicted octanol–water partition coefficient (Wildman–Crippen LogP) is 3.07. The van der Waals surface area contributed by atoms with E-state index in [0.29, 0.717) is 10.0 Å². The van der Waals surface area contributed by atoms with Crippen LogP contribution in [0.4, 0.5) is 0 Å². The van der Waals surface area contributed by atoms with Gasteiger partial charge in [0.15, 0.2) is 0 Å². The van der Waals surface area contributed by atoms with Gasteiger partial charge in [0.1, 0.15) is 11.0 Å². The number of halogens is 2. The van der Waals surface area contributed by atoms with Gasteiger partial charge in [-0.3, -0.25) is 0 Å². The Morgan fingerprint density at radius 2 is 1.93 bits per heavy atom. The van der Waals surface area contributed by atoms with Crippen LogP contribution in [-0.4, -0.2) is 15.6 Å². The summed E-state index contributed by atoms with van der Waals surface area (Å²) in [4.78, 5) is 0. The maximum atomic E-state index is 11.2. The zero-order valence-corrected chi connectivity index (χ0v) is 9.70. The van der Waals surface area contributed by atoms with E-state index in [4.69, 9.17) is 23.2 Å². The lowest BCUT2D eigenvalue weighted by molar-refractivity contribution is 0.560. The van der Waals surface area contributed by atoms with E-state index in [9.17, 15) is 4.55 Å². The lowest BCUT2D eigenvalue weighted by atomic mass is 10.1. The molecule has 0 spiro atoms. The summed E-state index contributed by atoms with van der Waals surface area (Å²) in [7, 11) is 0. The van der Waals surface area contributed by atoms with Gasteiger partial charge in [-0.25, -0.2) is 0 Å². The van der Waals surface area contributed by atoms with E-state index >= 15 is 0 Å². The fourth-order valence-electron chi connectivity index (χ4n) is 1.40. The van der Waals surface area contributed by atoms with E-state index < -0.39 is 11.2 Å². The summed E-state index contributed by atoms with van der Waals surface area (Å²) in [5, 5.41) is 1.42. The van der Waals surface area contributed by atoms with Crippen molar-refractivity contribution in [3.63, 3.8) is 0 Å². The third kappa shape index (κ3) is 2.37. The largest absolute Gasteiger partial charge is 0.616 e. The highest BCUT2D eigenvalue weighted by Crippen LogP contribution is 2.28. The van der Waals surface area contributed by atoms with E-state index in [2.05, 4.69) is 0 Å². The maximum Gasteiger partial charge on any atom is 0.127 e. The fraction of sp³-hybridized carbons (Fsp3) is 0.300. The monoisotopic (exact) mass is 247 g/mol. The normalized spacial score (nSPS) is 25.9. The van der Waals surface area contributed by atoms with Crippen molar-refractivity contribution in [1.29, 1.82) is 0 Å². The van der Waals surface area contributed by atoms with Crippen molar-refractivity contribution in [3.8, 4) is 0 Å². The SMILES string of the molecule is [O-][S+]1CCC1[CH]c1cc(Cl)cc(Cl)c1. The lowest BCUT2D eigenvalue weighted by Crippen LogP contribution is -2.37. The van der Waals surface area contributed by atoms with E-state index in [0.717, 1.165) is 17.7 Å². The highest BCUT2D eigenvalue weighted by Gasteiger charge is 2.33. The minimum Gasteiger partial charge on any atom is -0.616 e. The first-order valence-electron chi connectivity index (χ1n) is 4.33. The molecule has 0 aromatic heterocycles. The van der Waals surface area contributed by atoms with Crippen molar-refractivity contribution >= 4 is 34.4 Å². The lowest BCUT2D eigenvalue weighted by Gasteiger charge is -2.29. The van der Waals surface area contributed by atoms with Crippen LogP contribution >= 0.6 is 23.2 Å². The second-order valence-corrected chi connectivity index (χ2v) is 5.93. The van der Waals surface area contributed by atoms with Crippen molar-refractivity contribution in [2.75, 3.05) is 5.75 Å². The Morgan fingerprint density at radius 1 is 1.29 bits per heavy atom. The molecule has 1 aliphatic heterocycles. The summed E-state index contributed by atoms with van der Waals surface area (Å²) < 4.78 is 11.2. The fourth-order valence-corrected chi connectivity index (χ4v) is 2.95. The van der Waals surface area contributed by atoms with Crippen LogP contribution in [0.2, 0.25) is 10.0 Å². The molecule has 1 heterocycles. The minimum atomic E-state index is -0.685. The Bertz CT molecular complexity index is 323. The molecule has 2 unspecified atom stereocenters. The standard InChI is InChI=1S/C10H9Cl2OS/c11-8-3-7(4-9(12)6-8)5-10-1-2-14(10)13/h3-6,10H,1-2H2. The molecule has 14 heavy (non-hydrogen) atoms. The maximum absolute atomic E-state index is 11.2. The second kappa shape index (κ2) is 4.31. The van der Waals surface area contributed by atoms with E-state index in [1.54, 1.807) is 6.07 Å². The Labute approximate surface area is 96.6 Å². The van der Waals surface area contributed by atoms with Crippen LogP contribution < -0.4 is 0 Å². The predicted molar refractivity (Wildman–Crippen MR) is 61.3 cm³/mol. The summed E-state index contributed by atoms with van der Waals surface area (Å²) in [5.74, 6) is 0.815. The minimum absolute atomic E-state index is 0.185. The average molecular weight is 248 g/mol. The van der Waals surface area contributed by atoms with Crippen molar-refractivity contribution < 1.29 is 4.55 Å². The molecule has 0 aliphatic carbocycles. The van der Waals surface area contributed by atoms with Crippen LogP contribution in [0.3, 0.4) is 0 Å². The number of rotatable bonds is 2. The van der Waals surface area contributed by atoms with Crippen molar-refractivity contribution in [2.45, 2.75) is 11.7 Å². The number of hydrogen-bond donors (Lipinski definition) is 0. The van der Waals surface area contributed by atoms with Gasteiger partial charge in [0.05, 0.1) is 0 Å². The molecule has 1 saturated heterocycles. The average Bonchev–Trinajstić information content (AvgIpc) is 2.10. The van der Waals surface area contributed by atoms with Crippen LogP contribution in [-0.2, 0) is 11.2 Å². The van der Waals surface area contributed by atoms with Crippen LogP contribution in [0.1, 0.15) is 12.0 Å². The molecule has 1 aliphatic rings. The zero-order valence-electron chi connectivity index (χ0n) is 7.37. The molecule has 4 heteroatoms. The summed E-state index contributed by atoms with van der Waals surface area (Å²) in [5.41, 5.74) is 0.959. The van der Waals surface area contributed by atoms with Crippen LogP contribution in [0, 0.1) is 6.42 Å². The second-order valence-electron chi connectivity index (χ2n) is 3.28. The highest BCUT2D eigenvalue weighted by molar-refractivity contribution is 7.93. The van der Waals surface area contributed by atoms with Crippen molar-refractivity contribution in [3.05, 3.63) is 40.2 Å². The van der Waals surface area contributed by atoms with Crippen LogP contribution in [0.15, 0.2) is 18.2 Å². The first kappa shape index (κ1) is 10.6. The first-order chi connectivity index (χ1) is 6.65. The van der Waals surface area contributed by atoms with Gasteiger partial charge in [0.25, 0.3) is 0 Å². The first-order valence-corrected chi connectivity index (χ1v) is 6.47. The van der Waals surface area contributed by atoms with Gasteiger partial charge in [-0.15, -0.1) is 0 Å². The molecule has 0 amide bonds. The summed E-state index contributed by atoms with van der Waals surface area (Å²) in [6.07, 6.45) is 2.98. The van der Waals surface area contributed by atoms with Crippen LogP contribution in [0.25, 0.3) is 0 Å². The van der Waals surface area contributed by atoms with Gasteiger partial charge < -0.3 is 4.55 Å². The Morgan fingerprint density at radius 3 is 2.36 bits per heavy atom. The van der Waals surface area contributed by atoms with Crippen LogP contribution in [0.5, 0.6) is 0 Å². The molecule has 2 atom stereocenters. The third-order valence-corrected chi connectivity index (χ3v) is 4.33. The van der Waals surface area contributed by atoms with Gasteiger partial charge in [0, 0.05) is 22.9 Å². The molecule has 2 rings (SSSR count). The molecule has 1 radical (unpaired) electrons. The number of benzene rings is 1. The molecular formula is C10H9Cl2OS. The summed E-state index contributed by atoms with van der Waals surface area (Å²) in [6, 6.07) is 5.37. The van der Waals surface area contributed by atoms with Gasteiger partial charge in [-0.2, -0.15) is 0 Å². The Kier molecular flexibility index (Phi) is 3.27. The van der Waals surface area contributed by atoms with Gasteiger partial charge in [-0.05, 0) is 34.9 Å². The van der Waals surface area contributed by atoms with E-state index in [1.165, 1.54) is 0 Å². The summed E-state index contributed by atoms with van der Waals surface area (Å²) >= 11 is 11.0. The molecular weight excluding hydrogens is 239 g/mol. The molecule has 0 saturated carbocycles. The molecule has 1 nitrogen and oxygen atoms in total. The Hall–Kier alpha value is 0.110. The molecule has 75 valence electrons. The number of hydrogen-bond acceptors (Lipinski definition) is 1. The molecule has 0 N–H and O–H groups in total. The molecule has 1 fully saturated rings. The summed E-state index contributed by atoms with van der Waals surface area (Å²) in [6.45, 7) is 0. The molecule has 1 aromatic carbocycles. The highest BCUT2D eigenvalue weighted by atomic mass is 35.5. The van der Waals surface area contributed by atoms with E-state index in [1.807, 2.05) is 18.6 Å². The van der Waals surface area contributed by atoms with Gasteiger partial charge >= 0.3 is 0 Å². The van der Waals surface area contributed by atoms with Gasteiger partial charge in [0.2, 0.25) is 0 Å². The van der Waals surface area contributed by atoms with E-state index in [-0.39, 0.29) is 5.25 Å². The Balaban J connectivity index is 2.08. The molecule has 0 bridgehead atoms. The van der Waals surface area contributed by atoms with Gasteiger partial charge in [-0.1, -0.05) is 23.2 Å². The van der Waals surface area contributed by atoms with Crippen molar-refractivity contribution in [2.24, 2.45) is 0 Å². The third-order valence-electron chi connectivity index (χ3n) is 2.20. The smallest absolute Gasteiger partial charge is 0.127 e. The topological polar surface area (TPSA) is 23.1 Å². The zero-order chi connectivity index (χ0) is 10.1. The van der Waals surface area contributed by atoms with Crippen molar-refractivity contribution in [1.82, 2.24) is 0 Å². The molecule has 1 aromatic rings.